The Bertz CT molecular complexity index is 1210. The molecule has 1 aromatic carbocycles. The fourth-order valence-corrected chi connectivity index (χ4v) is 6.56. The number of benzene rings is 1. The molecule has 3 aliphatic carbocycles. The highest BCUT2D eigenvalue weighted by Gasteiger charge is 2.32. The van der Waals surface area contributed by atoms with E-state index in [2.05, 4.69) is 96.4 Å². The monoisotopic (exact) mass is 507 g/mol. The Morgan fingerprint density at radius 3 is 2.37 bits per heavy atom. The number of hydrogen-bond acceptors (Lipinski definition) is 1. The summed E-state index contributed by atoms with van der Waals surface area (Å²) in [6.07, 6.45) is 29.2. The minimum absolute atomic E-state index is 0.423. The van der Waals surface area contributed by atoms with Crippen LogP contribution in [-0.4, -0.2) is 18.0 Å². The van der Waals surface area contributed by atoms with E-state index in [4.69, 9.17) is 0 Å². The first-order valence-electron chi connectivity index (χ1n) is 15.3. The first-order chi connectivity index (χ1) is 18.7. The van der Waals surface area contributed by atoms with Crippen LogP contribution in [-0.2, 0) is 20.0 Å². The molecule has 38 heavy (non-hydrogen) atoms. The van der Waals surface area contributed by atoms with E-state index in [1.54, 1.807) is 5.56 Å². The lowest BCUT2D eigenvalue weighted by atomic mass is 9.69. The second kappa shape index (κ2) is 13.4. The molecule has 200 valence electrons. The van der Waals surface area contributed by atoms with E-state index in [1.165, 1.54) is 97.7 Å². The number of hydrogen-bond donors (Lipinski definition) is 0. The predicted octanol–water partition coefficient (Wildman–Crippen LogP) is 8.39. The van der Waals surface area contributed by atoms with Gasteiger partial charge in [-0.2, -0.15) is 0 Å². The molecule has 0 spiro atoms. The Balaban J connectivity index is 1.24. The van der Waals surface area contributed by atoms with Crippen LogP contribution in [0.3, 0.4) is 0 Å². The zero-order valence-electron chi connectivity index (χ0n) is 23.8. The third-order valence-electron chi connectivity index (χ3n) is 8.78. The molecule has 1 unspecified atom stereocenters. The third kappa shape index (κ3) is 6.46. The van der Waals surface area contributed by atoms with Gasteiger partial charge in [-0.1, -0.05) is 119 Å². The maximum atomic E-state index is 2.69. The number of allylic oxidation sites excluding steroid dienone is 5. The average molecular weight is 508 g/mol. The van der Waals surface area contributed by atoms with Gasteiger partial charge in [-0.15, -0.1) is 0 Å². The summed E-state index contributed by atoms with van der Waals surface area (Å²) in [4.78, 5) is 2.69. The summed E-state index contributed by atoms with van der Waals surface area (Å²) in [6.45, 7) is 5.48. The van der Waals surface area contributed by atoms with E-state index in [0.29, 0.717) is 5.92 Å². The van der Waals surface area contributed by atoms with E-state index >= 15 is 0 Å². The van der Waals surface area contributed by atoms with Crippen LogP contribution in [0.5, 0.6) is 0 Å². The molecule has 0 N–H and O–H groups in total. The van der Waals surface area contributed by atoms with Crippen molar-refractivity contribution in [2.24, 2.45) is 7.05 Å². The van der Waals surface area contributed by atoms with Gasteiger partial charge < -0.3 is 0 Å². The number of aryl methyl sites for hydroxylation is 1. The molecule has 5 rings (SSSR count). The van der Waals surface area contributed by atoms with Gasteiger partial charge in [0.05, 0.1) is 6.54 Å². The molecule has 2 aromatic rings. The van der Waals surface area contributed by atoms with E-state index in [9.17, 15) is 0 Å². The number of unbranched alkanes of at least 4 members (excludes halogenated alkanes) is 9. The van der Waals surface area contributed by atoms with Gasteiger partial charge >= 0.3 is 0 Å². The zero-order chi connectivity index (χ0) is 26.2. The van der Waals surface area contributed by atoms with E-state index in [-0.39, 0.29) is 0 Å². The summed E-state index contributed by atoms with van der Waals surface area (Å²) in [5.41, 5.74) is 10.4. The van der Waals surface area contributed by atoms with Crippen molar-refractivity contribution in [3.63, 3.8) is 0 Å². The molecule has 0 saturated heterocycles. The Hall–Kier alpha value is -2.71. The summed E-state index contributed by atoms with van der Waals surface area (Å²) in [5, 5.41) is 0. The van der Waals surface area contributed by atoms with Crippen LogP contribution in [0.25, 0.3) is 6.08 Å². The molecule has 1 aromatic heterocycles. The first kappa shape index (κ1) is 26.9. The van der Waals surface area contributed by atoms with E-state index < -0.39 is 0 Å². The van der Waals surface area contributed by atoms with Crippen LogP contribution < -0.4 is 4.57 Å². The van der Waals surface area contributed by atoms with Crippen molar-refractivity contribution >= 4 is 6.08 Å². The highest BCUT2D eigenvalue weighted by molar-refractivity contribution is 5.73. The van der Waals surface area contributed by atoms with Gasteiger partial charge in [0.25, 0.3) is 0 Å². The molecule has 2 nitrogen and oxygen atoms in total. The molecular weight excluding hydrogens is 460 g/mol. The van der Waals surface area contributed by atoms with Crippen molar-refractivity contribution in [3.8, 4) is 0 Å². The van der Waals surface area contributed by atoms with Gasteiger partial charge in [-0.25, -0.2) is 4.57 Å². The van der Waals surface area contributed by atoms with E-state index in [1.807, 2.05) is 0 Å². The van der Waals surface area contributed by atoms with Gasteiger partial charge in [0.2, 0.25) is 0 Å². The molecule has 0 bridgehead atoms. The van der Waals surface area contributed by atoms with Crippen molar-refractivity contribution in [1.82, 2.24) is 4.90 Å². The van der Waals surface area contributed by atoms with Gasteiger partial charge in [-0.05, 0) is 52.8 Å². The second-order valence-electron chi connectivity index (χ2n) is 11.6. The quantitative estimate of drug-likeness (QED) is 0.173. The lowest BCUT2D eigenvalue weighted by molar-refractivity contribution is -0.680. The number of nitrogens with zero attached hydrogens (tertiary/aromatic N) is 2. The highest BCUT2D eigenvalue weighted by Crippen LogP contribution is 2.47. The van der Waals surface area contributed by atoms with Crippen molar-refractivity contribution in [2.75, 3.05) is 13.1 Å². The summed E-state index contributed by atoms with van der Waals surface area (Å²) in [7, 11) is 2.18. The Morgan fingerprint density at radius 2 is 1.58 bits per heavy atom. The minimum Gasteiger partial charge on any atom is -0.289 e. The Kier molecular flexibility index (Phi) is 9.47. The predicted molar refractivity (Wildman–Crippen MR) is 161 cm³/mol. The maximum Gasteiger partial charge on any atom is 0.195 e. The van der Waals surface area contributed by atoms with Crippen molar-refractivity contribution < 1.29 is 4.57 Å². The number of rotatable bonds is 15. The molecule has 0 saturated carbocycles. The normalized spacial score (nSPS) is 17.2. The largest absolute Gasteiger partial charge is 0.289 e. The van der Waals surface area contributed by atoms with Crippen LogP contribution >= 0.6 is 0 Å². The Morgan fingerprint density at radius 1 is 0.789 bits per heavy atom. The minimum atomic E-state index is 0.423. The summed E-state index contributed by atoms with van der Waals surface area (Å²) in [5.74, 6) is 0.423. The lowest BCUT2D eigenvalue weighted by Gasteiger charge is -2.36. The van der Waals surface area contributed by atoms with Gasteiger partial charge in [0.15, 0.2) is 11.9 Å². The maximum absolute atomic E-state index is 2.69. The number of aromatic nitrogens is 1. The molecule has 1 atom stereocenters. The zero-order valence-corrected chi connectivity index (χ0v) is 23.8. The first-order valence-corrected chi connectivity index (χ1v) is 15.3. The molecule has 0 amide bonds. The second-order valence-corrected chi connectivity index (χ2v) is 11.6. The smallest absolute Gasteiger partial charge is 0.195 e. The summed E-state index contributed by atoms with van der Waals surface area (Å²) < 4.78 is 2.28. The van der Waals surface area contributed by atoms with Crippen molar-refractivity contribution in [2.45, 2.75) is 90.0 Å². The molecule has 2 heteroatoms. The molecule has 0 fully saturated rings. The highest BCUT2D eigenvalue weighted by atomic mass is 15.1. The molecule has 3 aliphatic rings. The topological polar surface area (TPSA) is 7.12 Å². The van der Waals surface area contributed by atoms with Crippen molar-refractivity contribution in [1.29, 1.82) is 0 Å². The molecule has 0 aliphatic heterocycles. The van der Waals surface area contributed by atoms with Gasteiger partial charge in [0, 0.05) is 24.6 Å². The van der Waals surface area contributed by atoms with Gasteiger partial charge in [-0.3, -0.25) is 4.90 Å². The summed E-state index contributed by atoms with van der Waals surface area (Å²) >= 11 is 0. The van der Waals surface area contributed by atoms with Crippen LogP contribution in [0.15, 0.2) is 83.6 Å². The standard InChI is InChI=1S/C36H47N2/c1-3-4-5-6-7-8-9-10-11-13-26-38(28-33-18-12-14-25-37(33)2)27-32-22-21-31-20-19-29-16-15-17-30-23-24-34(32)36(31)35(29)30/h12,14-18,20-25,36H,3-11,13,19,26-28H2,1-2H3/q+1. The third-order valence-corrected chi connectivity index (χ3v) is 8.78. The SMILES string of the molecule is CCCCCCCCCCCCN(CC1=C2C=Cc3cccc4c3C2C(=CC4)C=C1)Cc1cccc[n+]1C. The van der Waals surface area contributed by atoms with Gasteiger partial charge in [0.1, 0.15) is 7.05 Å². The fraction of sp³-hybridized carbons (Fsp3) is 0.472. The van der Waals surface area contributed by atoms with Crippen LogP contribution in [0.4, 0.5) is 0 Å². The van der Waals surface area contributed by atoms with Crippen LogP contribution in [0, 0.1) is 0 Å². The van der Waals surface area contributed by atoms with E-state index in [0.717, 1.165) is 26.1 Å². The molecule has 0 radical (unpaired) electrons. The molecular formula is C36H47N2+. The Labute approximate surface area is 231 Å². The van der Waals surface area contributed by atoms with Crippen LogP contribution in [0.2, 0.25) is 0 Å². The van der Waals surface area contributed by atoms with Crippen molar-refractivity contribution in [3.05, 3.63) is 106 Å². The number of pyridine rings is 1. The van der Waals surface area contributed by atoms with Crippen LogP contribution in [0.1, 0.15) is 99.4 Å². The molecule has 1 heterocycles. The lowest BCUT2D eigenvalue weighted by Crippen LogP contribution is -2.38. The average Bonchev–Trinajstić information content (AvgIpc) is 2.94. The summed E-state index contributed by atoms with van der Waals surface area (Å²) in [6, 6.07) is 13.4. The fourth-order valence-electron chi connectivity index (χ4n) is 6.56.